The van der Waals surface area contributed by atoms with E-state index in [-0.39, 0.29) is 19.6 Å². The van der Waals surface area contributed by atoms with Gasteiger partial charge in [0.25, 0.3) is 0 Å². The number of ether oxygens (including phenoxy) is 2. The van der Waals surface area contributed by atoms with Crippen molar-refractivity contribution in [3.63, 3.8) is 0 Å². The summed E-state index contributed by atoms with van der Waals surface area (Å²) in [4.78, 5) is 35.2. The minimum Gasteiger partial charge on any atom is -0.462 e. The number of unbranched alkanes of at least 4 members (excludes halogenated alkanes) is 21. The summed E-state index contributed by atoms with van der Waals surface area (Å²) in [6.45, 7) is 4.22. The fraction of sp³-hybridized carbons (Fsp3) is 0.708. The third kappa shape index (κ3) is 43.0. The number of hydrogen-bond acceptors (Lipinski definition) is 7. The summed E-state index contributed by atoms with van der Waals surface area (Å²) in [6.07, 6.45) is 50.2. The second-order valence-electron chi connectivity index (χ2n) is 16.3. The predicted octanol–water partition coefficient (Wildman–Crippen LogP) is 13.0. The number of hydrogen-bond donors (Lipinski definition) is 1. The van der Waals surface area contributed by atoms with Gasteiger partial charge >= 0.3 is 19.8 Å². The summed E-state index contributed by atoms with van der Waals surface area (Å²) in [5.74, 6) is -1.11. The van der Waals surface area contributed by atoms with Crippen LogP contribution >= 0.6 is 7.82 Å². The average molecular weight is 835 g/mol. The molecule has 0 fully saturated rings. The van der Waals surface area contributed by atoms with Crippen LogP contribution in [0.25, 0.3) is 0 Å². The molecule has 0 aliphatic carbocycles. The molecule has 0 spiro atoms. The maximum atomic E-state index is 12.6. The van der Waals surface area contributed by atoms with E-state index in [2.05, 4.69) is 26.0 Å². The topological polar surface area (TPSA) is 108 Å². The van der Waals surface area contributed by atoms with Crippen molar-refractivity contribution in [2.24, 2.45) is 0 Å². The van der Waals surface area contributed by atoms with Gasteiger partial charge in [-0.05, 0) is 19.3 Å². The van der Waals surface area contributed by atoms with Gasteiger partial charge in [0.1, 0.15) is 19.8 Å². The zero-order chi connectivity index (χ0) is 42.8. The first-order valence-electron chi connectivity index (χ1n) is 22.8. The number of carbonyl (C=O) groups is 2. The van der Waals surface area contributed by atoms with Gasteiger partial charge in [-0.3, -0.25) is 13.8 Å². The number of esters is 2. The lowest BCUT2D eigenvalue weighted by molar-refractivity contribution is -0.870. The van der Waals surface area contributed by atoms with E-state index in [1.54, 1.807) is 12.2 Å². The van der Waals surface area contributed by atoms with Gasteiger partial charge in [-0.1, -0.05) is 209 Å². The van der Waals surface area contributed by atoms with Gasteiger partial charge in [-0.25, -0.2) is 9.36 Å². The highest BCUT2D eigenvalue weighted by Crippen LogP contribution is 2.43. The number of rotatable bonds is 40. The molecular formula is C48H85NO8P+. The molecule has 334 valence electrons. The second-order valence-corrected chi connectivity index (χ2v) is 17.7. The van der Waals surface area contributed by atoms with Crippen molar-refractivity contribution < 1.29 is 42.1 Å². The van der Waals surface area contributed by atoms with Gasteiger partial charge in [-0.15, -0.1) is 0 Å². The van der Waals surface area contributed by atoms with Gasteiger partial charge < -0.3 is 18.9 Å². The van der Waals surface area contributed by atoms with Crippen LogP contribution in [0, 0.1) is 0 Å². The minimum atomic E-state index is -4.42. The molecule has 0 aliphatic heterocycles. The van der Waals surface area contributed by atoms with E-state index < -0.39 is 32.5 Å². The fourth-order valence-corrected chi connectivity index (χ4v) is 6.65. The lowest BCUT2D eigenvalue weighted by Gasteiger charge is -2.24. The Bertz CT molecular complexity index is 1220. The largest absolute Gasteiger partial charge is 0.472 e. The Kier molecular flexibility index (Phi) is 38.1. The van der Waals surface area contributed by atoms with Crippen LogP contribution in [0.3, 0.4) is 0 Å². The van der Waals surface area contributed by atoms with E-state index in [0.717, 1.165) is 25.7 Å². The molecule has 1 N–H and O–H groups in total. The lowest BCUT2D eigenvalue weighted by atomic mass is 10.0. The summed E-state index contributed by atoms with van der Waals surface area (Å²) < 4.78 is 34.0. The van der Waals surface area contributed by atoms with Gasteiger partial charge in [0.2, 0.25) is 0 Å². The third-order valence-electron chi connectivity index (χ3n) is 9.48. The monoisotopic (exact) mass is 835 g/mol. The van der Waals surface area contributed by atoms with Gasteiger partial charge in [0, 0.05) is 12.5 Å². The zero-order valence-corrected chi connectivity index (χ0v) is 38.4. The molecule has 2 atom stereocenters. The second kappa shape index (κ2) is 39.9. The Hall–Kier alpha value is -2.55. The van der Waals surface area contributed by atoms with E-state index in [1.165, 1.54) is 134 Å². The first kappa shape index (κ1) is 55.5. The predicted molar refractivity (Wildman–Crippen MR) is 242 cm³/mol. The number of allylic oxidation sites excluding steroid dienone is 11. The molecule has 1 unspecified atom stereocenters. The molecule has 0 amide bonds. The van der Waals surface area contributed by atoms with Gasteiger partial charge in [0.15, 0.2) is 6.10 Å². The van der Waals surface area contributed by atoms with E-state index >= 15 is 0 Å². The summed E-state index contributed by atoms with van der Waals surface area (Å²) >= 11 is 0. The molecule has 10 heteroatoms. The van der Waals surface area contributed by atoms with Crippen LogP contribution in [-0.2, 0) is 32.7 Å². The van der Waals surface area contributed by atoms with Crippen LogP contribution in [0.15, 0.2) is 72.9 Å². The summed E-state index contributed by atoms with van der Waals surface area (Å²) in [7, 11) is 1.38. The van der Waals surface area contributed by atoms with Crippen molar-refractivity contribution in [2.45, 2.75) is 174 Å². The number of phosphoric ester groups is 1. The maximum Gasteiger partial charge on any atom is 0.472 e. The van der Waals surface area contributed by atoms with Crippen LogP contribution < -0.4 is 0 Å². The highest BCUT2D eigenvalue weighted by Gasteiger charge is 2.26. The first-order valence-corrected chi connectivity index (χ1v) is 24.3. The molecule has 0 rings (SSSR count). The number of nitrogens with zero attached hydrogens (tertiary/aromatic N) is 1. The van der Waals surface area contributed by atoms with Crippen molar-refractivity contribution >= 4 is 19.8 Å². The molecule has 0 aromatic heterocycles. The molecule has 0 aromatic rings. The average Bonchev–Trinajstić information content (AvgIpc) is 3.17. The number of carbonyl (C=O) groups excluding carboxylic acids is 2. The molecule has 0 saturated carbocycles. The Morgan fingerprint density at radius 3 is 1.48 bits per heavy atom. The lowest BCUT2D eigenvalue weighted by Crippen LogP contribution is -2.37. The zero-order valence-electron chi connectivity index (χ0n) is 37.5. The Morgan fingerprint density at radius 1 is 0.569 bits per heavy atom. The van der Waals surface area contributed by atoms with Crippen molar-refractivity contribution in [1.29, 1.82) is 0 Å². The van der Waals surface area contributed by atoms with Crippen LogP contribution in [0.4, 0.5) is 0 Å². The molecule has 0 saturated heterocycles. The molecule has 0 radical (unpaired) electrons. The normalized spacial score (nSPS) is 14.2. The smallest absolute Gasteiger partial charge is 0.462 e. The Balaban J connectivity index is 4.59. The van der Waals surface area contributed by atoms with E-state index in [4.69, 9.17) is 18.5 Å². The molecular weight excluding hydrogens is 750 g/mol. The summed E-state index contributed by atoms with van der Waals surface area (Å²) in [5.41, 5.74) is 0. The maximum absolute atomic E-state index is 12.6. The molecule has 9 nitrogen and oxygen atoms in total. The fourth-order valence-electron chi connectivity index (χ4n) is 5.90. The van der Waals surface area contributed by atoms with Crippen LogP contribution in [-0.4, -0.2) is 74.9 Å². The van der Waals surface area contributed by atoms with Gasteiger partial charge in [-0.2, -0.15) is 0 Å². The van der Waals surface area contributed by atoms with Crippen LogP contribution in [0.5, 0.6) is 0 Å². The van der Waals surface area contributed by atoms with Crippen molar-refractivity contribution in [1.82, 2.24) is 0 Å². The number of phosphoric acid groups is 1. The van der Waals surface area contributed by atoms with E-state index in [0.29, 0.717) is 11.0 Å². The summed E-state index contributed by atoms with van der Waals surface area (Å²) in [6, 6.07) is 0. The third-order valence-corrected chi connectivity index (χ3v) is 10.5. The van der Waals surface area contributed by atoms with E-state index in [1.807, 2.05) is 57.6 Å². The van der Waals surface area contributed by atoms with Gasteiger partial charge in [0.05, 0.1) is 27.7 Å². The Morgan fingerprint density at radius 2 is 1.00 bits per heavy atom. The molecule has 0 aromatic carbocycles. The molecule has 0 bridgehead atoms. The Labute approximate surface area is 355 Å². The van der Waals surface area contributed by atoms with Crippen LogP contribution in [0.1, 0.15) is 168 Å². The SMILES string of the molecule is CCCCCCCCCC=CC=CC=CC=CC=CC=CC(=O)O[C@H](COC(=O)CCCCCCCCCCCCCCCCC)COP(=O)(O)OCC[N+](C)(C)C. The quantitative estimate of drug-likeness (QED) is 0.0162. The van der Waals surface area contributed by atoms with Crippen molar-refractivity contribution in [3.8, 4) is 0 Å². The standard InChI is InChI=1S/C48H84NO8P/c1-6-8-10-12-14-16-18-20-22-23-24-25-27-29-31-33-35-37-39-41-48(51)57-46(45-56-58(52,53)55-43-42-49(3,4)5)44-54-47(50)40-38-36-34-32-30-28-26-21-19-17-15-13-11-9-7-2/h22-25,27,29,31,33,35,37,39,41,46H,6-21,26,28,30,32,34,36,38,40,42-45H2,1-5H3/p+1/t46-/m1/s1. The molecule has 58 heavy (non-hydrogen) atoms. The molecule has 0 heterocycles. The number of quaternary nitrogens is 1. The van der Waals surface area contributed by atoms with Crippen molar-refractivity contribution in [2.75, 3.05) is 47.5 Å². The number of likely N-dealkylation sites (N-methyl/N-ethyl adjacent to an activating group) is 1. The summed E-state index contributed by atoms with van der Waals surface area (Å²) in [5, 5.41) is 0. The minimum absolute atomic E-state index is 0.00271. The highest BCUT2D eigenvalue weighted by molar-refractivity contribution is 7.47. The van der Waals surface area contributed by atoms with E-state index in [9.17, 15) is 19.0 Å². The first-order chi connectivity index (χ1) is 28.0. The van der Waals surface area contributed by atoms with Crippen molar-refractivity contribution in [3.05, 3.63) is 72.9 Å². The highest BCUT2D eigenvalue weighted by atomic mass is 31.2. The van der Waals surface area contributed by atoms with Crippen LogP contribution in [0.2, 0.25) is 0 Å². The molecule has 0 aliphatic rings.